The molecule has 0 unspecified atom stereocenters. The number of nitrogens with zero attached hydrogens (tertiary/aromatic N) is 1. The summed E-state index contributed by atoms with van der Waals surface area (Å²) in [6.07, 6.45) is 3.56. The lowest BCUT2D eigenvalue weighted by molar-refractivity contribution is 0.181. The second-order valence-corrected chi connectivity index (χ2v) is 7.81. The van der Waals surface area contributed by atoms with Gasteiger partial charge in [-0.15, -0.1) is 0 Å². The van der Waals surface area contributed by atoms with Gasteiger partial charge in [0.1, 0.15) is 9.84 Å². The average molecular weight is 262 g/mol. The van der Waals surface area contributed by atoms with E-state index in [4.69, 9.17) is 0 Å². The molecule has 17 heavy (non-hydrogen) atoms. The van der Waals surface area contributed by atoms with Crippen LogP contribution in [0.3, 0.4) is 0 Å². The van der Waals surface area contributed by atoms with Gasteiger partial charge in [-0.3, -0.25) is 0 Å². The van der Waals surface area contributed by atoms with Crippen LogP contribution in [0, 0.1) is 5.92 Å². The Kier molecular flexibility index (Phi) is 5.89. The van der Waals surface area contributed by atoms with Crippen LogP contribution >= 0.6 is 0 Å². The Hall–Kier alpha value is -0.130. The Balaban J connectivity index is 2.15. The molecule has 0 aliphatic carbocycles. The molecule has 0 aromatic heterocycles. The van der Waals surface area contributed by atoms with Crippen LogP contribution < -0.4 is 5.32 Å². The molecule has 0 radical (unpaired) electrons. The van der Waals surface area contributed by atoms with Crippen molar-refractivity contribution in [3.05, 3.63) is 0 Å². The third kappa shape index (κ3) is 7.01. The van der Waals surface area contributed by atoms with Gasteiger partial charge < -0.3 is 10.2 Å². The van der Waals surface area contributed by atoms with Gasteiger partial charge in [0.2, 0.25) is 0 Å². The summed E-state index contributed by atoms with van der Waals surface area (Å²) < 4.78 is 22.0. The van der Waals surface area contributed by atoms with Gasteiger partial charge in [0.05, 0.1) is 5.75 Å². The van der Waals surface area contributed by atoms with Gasteiger partial charge in [-0.05, 0) is 31.8 Å². The summed E-state index contributed by atoms with van der Waals surface area (Å²) in [5.41, 5.74) is 0. The Morgan fingerprint density at radius 2 is 1.88 bits per heavy atom. The Morgan fingerprint density at radius 1 is 1.29 bits per heavy atom. The molecule has 0 atom stereocenters. The molecule has 1 rings (SSSR count). The molecule has 0 aromatic rings. The van der Waals surface area contributed by atoms with Crippen LogP contribution in [0.5, 0.6) is 0 Å². The second kappa shape index (κ2) is 6.71. The highest BCUT2D eigenvalue weighted by Gasteiger charge is 2.19. The van der Waals surface area contributed by atoms with Crippen LogP contribution in [0.2, 0.25) is 0 Å². The van der Waals surface area contributed by atoms with Crippen molar-refractivity contribution in [1.29, 1.82) is 0 Å². The van der Waals surface area contributed by atoms with E-state index >= 15 is 0 Å². The summed E-state index contributed by atoms with van der Waals surface area (Å²) >= 11 is 0. The fraction of sp³-hybridized carbons (Fsp3) is 1.00. The maximum absolute atomic E-state index is 11.0. The van der Waals surface area contributed by atoms with Crippen molar-refractivity contribution >= 4 is 9.84 Å². The highest BCUT2D eigenvalue weighted by molar-refractivity contribution is 7.90. The molecule has 1 saturated heterocycles. The van der Waals surface area contributed by atoms with Crippen molar-refractivity contribution < 1.29 is 8.42 Å². The molecule has 4 nitrogen and oxygen atoms in total. The highest BCUT2D eigenvalue weighted by Crippen LogP contribution is 2.11. The number of nitrogens with one attached hydrogen (secondary N) is 1. The first-order valence-electron chi connectivity index (χ1n) is 6.50. The fourth-order valence-electron chi connectivity index (χ4n) is 2.28. The number of hydrogen-bond donors (Lipinski definition) is 1. The summed E-state index contributed by atoms with van der Waals surface area (Å²) in [5.74, 6) is 0.976. The summed E-state index contributed by atoms with van der Waals surface area (Å²) in [4.78, 5) is 2.50. The zero-order chi connectivity index (χ0) is 12.9. The zero-order valence-corrected chi connectivity index (χ0v) is 12.1. The molecule has 0 spiro atoms. The van der Waals surface area contributed by atoms with E-state index in [0.29, 0.717) is 12.6 Å². The Labute approximate surface area is 106 Å². The van der Waals surface area contributed by atoms with Crippen LogP contribution in [0.25, 0.3) is 0 Å². The number of piperidine rings is 1. The second-order valence-electron chi connectivity index (χ2n) is 5.55. The number of sulfone groups is 1. The first-order valence-corrected chi connectivity index (χ1v) is 8.56. The first kappa shape index (κ1) is 14.9. The lowest BCUT2D eigenvalue weighted by atomic mass is 10.0. The maximum atomic E-state index is 11.0. The molecule has 1 N–H and O–H groups in total. The molecule has 1 heterocycles. The van der Waals surface area contributed by atoms with Crippen LogP contribution in [-0.4, -0.2) is 57.5 Å². The van der Waals surface area contributed by atoms with Gasteiger partial charge in [-0.25, -0.2) is 8.42 Å². The lowest BCUT2D eigenvalue weighted by Crippen LogP contribution is -2.44. The minimum Gasteiger partial charge on any atom is -0.313 e. The van der Waals surface area contributed by atoms with Crippen molar-refractivity contribution in [2.75, 3.05) is 38.2 Å². The molecular formula is C12H26N2O2S. The first-order chi connectivity index (χ1) is 7.87. The molecule has 102 valence electrons. The van der Waals surface area contributed by atoms with E-state index in [1.807, 2.05) is 0 Å². The topological polar surface area (TPSA) is 49.4 Å². The monoisotopic (exact) mass is 262 g/mol. The van der Waals surface area contributed by atoms with E-state index in [0.717, 1.165) is 31.8 Å². The van der Waals surface area contributed by atoms with Crippen molar-refractivity contribution in [2.24, 2.45) is 5.92 Å². The summed E-state index contributed by atoms with van der Waals surface area (Å²) in [7, 11) is -2.82. The van der Waals surface area contributed by atoms with Gasteiger partial charge in [-0.2, -0.15) is 0 Å². The van der Waals surface area contributed by atoms with Crippen molar-refractivity contribution in [3.63, 3.8) is 0 Å². The molecule has 1 aliphatic rings. The predicted molar refractivity (Wildman–Crippen MR) is 72.0 cm³/mol. The maximum Gasteiger partial charge on any atom is 0.148 e. The van der Waals surface area contributed by atoms with E-state index in [2.05, 4.69) is 24.1 Å². The lowest BCUT2D eigenvalue weighted by Gasteiger charge is -2.33. The molecule has 0 amide bonds. The largest absolute Gasteiger partial charge is 0.313 e. The normalized spacial score (nSPS) is 20.0. The van der Waals surface area contributed by atoms with Gasteiger partial charge in [0, 0.05) is 25.4 Å². The van der Waals surface area contributed by atoms with Gasteiger partial charge >= 0.3 is 0 Å². The molecule has 0 bridgehead atoms. The van der Waals surface area contributed by atoms with E-state index in [-0.39, 0.29) is 5.75 Å². The van der Waals surface area contributed by atoms with Gasteiger partial charge in [0.25, 0.3) is 0 Å². The Bertz CT molecular complexity index is 306. The summed E-state index contributed by atoms with van der Waals surface area (Å²) in [6.45, 7) is 8.53. The van der Waals surface area contributed by atoms with Gasteiger partial charge in [0.15, 0.2) is 0 Å². The zero-order valence-electron chi connectivity index (χ0n) is 11.3. The highest BCUT2D eigenvalue weighted by atomic mass is 32.2. The number of rotatable bonds is 6. The van der Waals surface area contributed by atoms with Gasteiger partial charge in [-0.1, -0.05) is 13.8 Å². The van der Waals surface area contributed by atoms with Crippen LogP contribution in [-0.2, 0) is 9.84 Å². The molecule has 1 aliphatic heterocycles. The average Bonchev–Trinajstić information content (AvgIpc) is 2.18. The Morgan fingerprint density at radius 3 is 2.35 bits per heavy atom. The molecular weight excluding hydrogens is 236 g/mol. The third-order valence-electron chi connectivity index (χ3n) is 3.12. The standard InChI is InChI=1S/C12H26N2O2S/c1-11(2)10-14-7-4-12(5-8-14)13-6-9-17(3,15)16/h11-13H,4-10H2,1-3H3. The van der Waals surface area contributed by atoms with E-state index in [1.165, 1.54) is 12.8 Å². The van der Waals surface area contributed by atoms with Crippen LogP contribution in [0.1, 0.15) is 26.7 Å². The van der Waals surface area contributed by atoms with Crippen LogP contribution in [0.15, 0.2) is 0 Å². The third-order valence-corrected chi connectivity index (χ3v) is 4.06. The quantitative estimate of drug-likeness (QED) is 0.767. The number of likely N-dealkylation sites (tertiary alicyclic amines) is 1. The smallest absolute Gasteiger partial charge is 0.148 e. The van der Waals surface area contributed by atoms with Crippen molar-refractivity contribution in [2.45, 2.75) is 32.7 Å². The summed E-state index contributed by atoms with van der Waals surface area (Å²) in [6, 6.07) is 0.500. The SMILES string of the molecule is CC(C)CN1CCC(NCCS(C)(=O)=O)CC1. The predicted octanol–water partition coefficient (Wildman–Crippen LogP) is 0.741. The molecule has 1 fully saturated rings. The van der Waals surface area contributed by atoms with Crippen molar-refractivity contribution in [3.8, 4) is 0 Å². The minimum absolute atomic E-state index is 0.249. The van der Waals surface area contributed by atoms with E-state index in [1.54, 1.807) is 0 Å². The van der Waals surface area contributed by atoms with E-state index in [9.17, 15) is 8.42 Å². The molecule has 0 aromatic carbocycles. The van der Waals surface area contributed by atoms with E-state index < -0.39 is 9.84 Å². The minimum atomic E-state index is -2.82. The molecule has 5 heteroatoms. The summed E-state index contributed by atoms with van der Waals surface area (Å²) in [5, 5.41) is 3.35. The molecule has 0 saturated carbocycles. The van der Waals surface area contributed by atoms with Crippen molar-refractivity contribution in [1.82, 2.24) is 10.2 Å². The van der Waals surface area contributed by atoms with Crippen LogP contribution in [0.4, 0.5) is 0 Å². The fourth-order valence-corrected chi connectivity index (χ4v) is 2.77. The number of hydrogen-bond acceptors (Lipinski definition) is 4.